The Morgan fingerprint density at radius 3 is 2.67 bits per heavy atom. The second kappa shape index (κ2) is 7.12. The van der Waals surface area contributed by atoms with E-state index in [0.717, 1.165) is 12.1 Å². The van der Waals surface area contributed by atoms with Crippen LogP contribution in [0.5, 0.6) is 0 Å². The molecule has 1 aliphatic heterocycles. The van der Waals surface area contributed by atoms with E-state index >= 15 is 0 Å². The van der Waals surface area contributed by atoms with Crippen LogP contribution in [0.15, 0.2) is 5.16 Å². The third-order valence-electron chi connectivity index (χ3n) is 1.74. The van der Waals surface area contributed by atoms with Crippen molar-refractivity contribution in [1.82, 2.24) is 0 Å². The van der Waals surface area contributed by atoms with E-state index in [2.05, 4.69) is 5.16 Å². The Morgan fingerprint density at radius 2 is 2.33 bits per heavy atom. The predicted octanol–water partition coefficient (Wildman–Crippen LogP) is -3.23. The van der Waals surface area contributed by atoms with Gasteiger partial charge < -0.3 is 26.9 Å². The maximum Gasteiger partial charge on any atom is 2.00 e. The molecule has 0 N–H and O–H groups in total. The number of hydrogen-bond donors (Lipinski definition) is 0. The summed E-state index contributed by atoms with van der Waals surface area (Å²) in [5, 5.41) is 14.2. The van der Waals surface area contributed by atoms with Gasteiger partial charge in [-0.1, -0.05) is 12.1 Å². The summed E-state index contributed by atoms with van der Waals surface area (Å²) >= 11 is 0. The van der Waals surface area contributed by atoms with E-state index in [0.29, 0.717) is 0 Å². The number of halogens is 1. The first-order chi connectivity index (χ1) is 4.74. The zero-order chi connectivity index (χ0) is 7.56. The number of hydrogen-bond acceptors (Lipinski definition) is 3. The van der Waals surface area contributed by atoms with Gasteiger partial charge in [-0.25, -0.2) is 0 Å². The molecule has 1 rings (SSSR count). The van der Waals surface area contributed by atoms with Crippen molar-refractivity contribution in [2.24, 2.45) is 11.1 Å². The Balaban J connectivity index is 0. The molecule has 0 aromatic carbocycles. The maximum atomic E-state index is 10.4. The molecule has 5 heteroatoms. The molecule has 0 aromatic heterocycles. The van der Waals surface area contributed by atoms with Crippen LogP contribution in [-0.4, -0.2) is 41.5 Å². The Morgan fingerprint density at radius 1 is 1.75 bits per heavy atom. The topological polar surface area (TPSA) is 44.6 Å². The third kappa shape index (κ3) is 4.07. The molecular formula is C7H12BrMgNO2. The largest absolute Gasteiger partial charge is 2.00 e. The van der Waals surface area contributed by atoms with Crippen LogP contribution in [0.2, 0.25) is 0 Å². The van der Waals surface area contributed by atoms with Gasteiger partial charge in [-0.3, -0.25) is 0 Å². The van der Waals surface area contributed by atoms with Gasteiger partial charge in [0.05, 0.1) is 5.71 Å². The molecule has 0 unspecified atom stereocenters. The van der Waals surface area contributed by atoms with Crippen LogP contribution in [0.4, 0.5) is 0 Å². The van der Waals surface area contributed by atoms with Crippen LogP contribution in [0.1, 0.15) is 20.3 Å². The fourth-order valence-corrected chi connectivity index (χ4v) is 0.936. The molecule has 1 heterocycles. The van der Waals surface area contributed by atoms with Gasteiger partial charge in [0.25, 0.3) is 0 Å². The fourth-order valence-electron chi connectivity index (χ4n) is 0.936. The minimum absolute atomic E-state index is 0. The van der Waals surface area contributed by atoms with Gasteiger partial charge >= 0.3 is 23.1 Å². The molecule has 0 saturated carbocycles. The molecular weight excluding hydrogens is 234 g/mol. The summed E-state index contributed by atoms with van der Waals surface area (Å²) in [6.45, 7) is 3.73. The van der Waals surface area contributed by atoms with Gasteiger partial charge in [0.2, 0.25) is 0 Å². The van der Waals surface area contributed by atoms with Crippen molar-refractivity contribution in [2.45, 2.75) is 26.4 Å². The molecule has 0 saturated heterocycles. The third-order valence-corrected chi connectivity index (χ3v) is 1.74. The zero-order valence-electron chi connectivity index (χ0n) is 7.42. The van der Waals surface area contributed by atoms with Crippen molar-refractivity contribution in [2.75, 3.05) is 6.61 Å². The van der Waals surface area contributed by atoms with Crippen molar-refractivity contribution in [3.8, 4) is 0 Å². The Kier molecular flexibility index (Phi) is 8.99. The first-order valence-corrected chi connectivity index (χ1v) is 3.51. The first kappa shape index (κ1) is 15.2. The normalized spacial score (nSPS) is 22.9. The summed E-state index contributed by atoms with van der Waals surface area (Å²) in [5.74, 6) is 0.0844. The van der Waals surface area contributed by atoms with Gasteiger partial charge in [0.1, 0.15) is 6.10 Å². The van der Waals surface area contributed by atoms with Gasteiger partial charge in [-0.15, -0.1) is 6.61 Å². The summed E-state index contributed by atoms with van der Waals surface area (Å²) < 4.78 is 0. The molecule has 3 nitrogen and oxygen atoms in total. The minimum atomic E-state index is -0.0759. The van der Waals surface area contributed by atoms with Gasteiger partial charge in [0.15, 0.2) is 0 Å². The number of rotatable bonds is 2. The Hall–Kier alpha value is 0.676. The van der Waals surface area contributed by atoms with Crippen molar-refractivity contribution in [3.63, 3.8) is 0 Å². The van der Waals surface area contributed by atoms with Crippen molar-refractivity contribution in [3.05, 3.63) is 0 Å². The smallest absolute Gasteiger partial charge is 1.00 e. The van der Waals surface area contributed by atoms with E-state index in [1.165, 1.54) is 0 Å². The number of oxime groups is 1. The molecule has 0 aliphatic carbocycles. The molecule has 12 heavy (non-hydrogen) atoms. The second-order valence-corrected chi connectivity index (χ2v) is 2.82. The molecule has 0 bridgehead atoms. The molecule has 0 aromatic rings. The second-order valence-electron chi connectivity index (χ2n) is 2.82. The van der Waals surface area contributed by atoms with Crippen LogP contribution in [-0.2, 0) is 4.84 Å². The van der Waals surface area contributed by atoms with Gasteiger partial charge in [0, 0.05) is 6.42 Å². The molecule has 66 valence electrons. The van der Waals surface area contributed by atoms with E-state index in [1.807, 2.05) is 13.8 Å². The van der Waals surface area contributed by atoms with Crippen molar-refractivity contribution >= 4 is 28.8 Å². The standard InChI is InChI=1S/C7H12NO2.BrH.Mg/c1-5(4-9)7-3-6(2)8-10-7;;/h5,7H,3-4H2,1-2H3;1H;/q-1;;+2/p-1/t5-,7+;;/m1../s1. The van der Waals surface area contributed by atoms with Gasteiger partial charge in [-0.05, 0) is 12.8 Å². The summed E-state index contributed by atoms with van der Waals surface area (Å²) in [7, 11) is 0. The van der Waals surface area contributed by atoms with E-state index in [1.54, 1.807) is 0 Å². The van der Waals surface area contributed by atoms with Crippen LogP contribution < -0.4 is 22.1 Å². The van der Waals surface area contributed by atoms with Gasteiger partial charge in [-0.2, -0.15) is 0 Å². The summed E-state index contributed by atoms with van der Waals surface area (Å²) in [5.41, 5.74) is 0.991. The van der Waals surface area contributed by atoms with Crippen LogP contribution in [0.25, 0.3) is 0 Å². The van der Waals surface area contributed by atoms with Crippen LogP contribution in [0, 0.1) is 5.92 Å². The summed E-state index contributed by atoms with van der Waals surface area (Å²) in [6.07, 6.45) is 0.862. The average Bonchev–Trinajstić information content (AvgIpc) is 2.34. The molecule has 0 amide bonds. The molecule has 0 fully saturated rings. The zero-order valence-corrected chi connectivity index (χ0v) is 10.4. The number of nitrogens with zero attached hydrogens (tertiary/aromatic N) is 1. The SMILES string of the molecule is CC1=NO[C@H]([C@H](C)C[O-])C1.[Br-].[Mg+2]. The fraction of sp³-hybridized carbons (Fsp3) is 0.857. The Labute approximate surface area is 99.5 Å². The van der Waals surface area contributed by atoms with E-state index in [9.17, 15) is 5.11 Å². The van der Waals surface area contributed by atoms with E-state index in [-0.39, 0.29) is 58.7 Å². The first-order valence-electron chi connectivity index (χ1n) is 3.51. The van der Waals surface area contributed by atoms with Crippen molar-refractivity contribution < 1.29 is 26.9 Å². The van der Waals surface area contributed by atoms with E-state index in [4.69, 9.17) is 4.84 Å². The molecule has 2 atom stereocenters. The maximum absolute atomic E-state index is 10.4. The van der Waals surface area contributed by atoms with Crippen molar-refractivity contribution in [1.29, 1.82) is 0 Å². The van der Waals surface area contributed by atoms with E-state index < -0.39 is 0 Å². The summed E-state index contributed by atoms with van der Waals surface area (Å²) in [4.78, 5) is 5.01. The van der Waals surface area contributed by atoms with Crippen LogP contribution in [0.3, 0.4) is 0 Å². The minimum Gasteiger partial charge on any atom is -1.00 e. The monoisotopic (exact) mass is 245 g/mol. The summed E-state index contributed by atoms with van der Waals surface area (Å²) in [6, 6.07) is 0. The average molecular weight is 246 g/mol. The molecule has 0 spiro atoms. The Bertz CT molecular complexity index is 154. The molecule has 0 radical (unpaired) electrons. The molecule has 1 aliphatic rings. The van der Waals surface area contributed by atoms with Crippen LogP contribution >= 0.6 is 0 Å². The predicted molar refractivity (Wildman–Crippen MR) is 42.4 cm³/mol. The quantitative estimate of drug-likeness (QED) is 0.481.